The smallest absolute Gasteiger partial charge is 0.264 e. The van der Waals surface area contributed by atoms with Gasteiger partial charge in [-0.3, -0.25) is 39.1 Å². The average Bonchev–Trinajstić information content (AvgIpc) is 3.63. The van der Waals surface area contributed by atoms with Crippen LogP contribution in [-0.2, 0) is 41.5 Å². The fourth-order valence-electron chi connectivity index (χ4n) is 7.51. The highest BCUT2D eigenvalue weighted by Gasteiger charge is 2.45. The zero-order valence-corrected chi connectivity index (χ0v) is 32.3. The Hall–Kier alpha value is -5.52. The Bertz CT molecular complexity index is 2170. The maximum atomic E-state index is 14.3. The first kappa shape index (κ1) is 40.7. The number of piperidine rings is 1. The molecular formula is C42H47FN6O9. The van der Waals surface area contributed by atoms with Crippen molar-refractivity contribution in [3.8, 4) is 11.3 Å². The Morgan fingerprint density at radius 1 is 0.828 bits per heavy atom. The van der Waals surface area contributed by atoms with Crippen molar-refractivity contribution in [1.29, 1.82) is 0 Å². The molecule has 0 radical (unpaired) electrons. The molecule has 0 saturated carbocycles. The number of likely N-dealkylation sites (N-methyl/N-ethyl adjacent to an activating group) is 1. The van der Waals surface area contributed by atoms with E-state index in [1.54, 1.807) is 18.2 Å². The van der Waals surface area contributed by atoms with Gasteiger partial charge in [0.2, 0.25) is 11.8 Å². The van der Waals surface area contributed by atoms with E-state index in [0.717, 1.165) is 45.8 Å². The quantitative estimate of drug-likeness (QED) is 0.0762. The van der Waals surface area contributed by atoms with E-state index in [1.165, 1.54) is 12.1 Å². The van der Waals surface area contributed by atoms with Crippen LogP contribution in [-0.4, -0.2) is 130 Å². The summed E-state index contributed by atoms with van der Waals surface area (Å²) in [7, 11) is 2.04. The molecule has 1 saturated heterocycles. The number of carbonyl (C=O) groups excluding carboxylic acids is 5. The number of hydrogen-bond donors (Lipinski definition) is 4. The SMILES string of the molecule is CN(CCOCCOCCOCCOCCNc1cccc2c1C(=O)N(C1CCC(=O)NC1=O)C2=O)Cc1ccc(-c2[nH]c3cc(F)cc4c3c2CCNC4=O)cc1. The number of nitrogens with zero attached hydrogens (tertiary/aromatic N) is 2. The van der Waals surface area contributed by atoms with Gasteiger partial charge in [-0.2, -0.15) is 0 Å². The number of rotatable bonds is 20. The van der Waals surface area contributed by atoms with Gasteiger partial charge in [-0.1, -0.05) is 30.3 Å². The van der Waals surface area contributed by atoms with Crippen molar-refractivity contribution in [3.05, 3.63) is 88.2 Å². The Morgan fingerprint density at radius 3 is 2.26 bits per heavy atom. The van der Waals surface area contributed by atoms with Crippen molar-refractivity contribution in [2.24, 2.45) is 0 Å². The van der Waals surface area contributed by atoms with E-state index < -0.39 is 35.5 Å². The van der Waals surface area contributed by atoms with E-state index in [1.807, 2.05) is 7.05 Å². The third-order valence-corrected chi connectivity index (χ3v) is 10.3. The van der Waals surface area contributed by atoms with Crippen LogP contribution in [0.1, 0.15) is 55.0 Å². The summed E-state index contributed by atoms with van der Waals surface area (Å²) in [6.07, 6.45) is 0.823. The van der Waals surface area contributed by atoms with Gasteiger partial charge in [-0.15, -0.1) is 0 Å². The van der Waals surface area contributed by atoms with Crippen LogP contribution in [0.15, 0.2) is 54.6 Å². The highest BCUT2D eigenvalue weighted by Crippen LogP contribution is 2.35. The van der Waals surface area contributed by atoms with E-state index >= 15 is 0 Å². The lowest BCUT2D eigenvalue weighted by atomic mass is 9.99. The lowest BCUT2D eigenvalue weighted by Crippen LogP contribution is -2.54. The molecule has 306 valence electrons. The van der Waals surface area contributed by atoms with Gasteiger partial charge >= 0.3 is 0 Å². The summed E-state index contributed by atoms with van der Waals surface area (Å²) >= 11 is 0. The molecule has 3 aromatic carbocycles. The molecule has 3 aliphatic heterocycles. The molecule has 0 bridgehead atoms. The highest BCUT2D eigenvalue weighted by atomic mass is 19.1. The number of ether oxygens (including phenoxy) is 4. The number of aromatic amines is 1. The highest BCUT2D eigenvalue weighted by molar-refractivity contribution is 6.25. The van der Waals surface area contributed by atoms with Crippen molar-refractivity contribution in [2.75, 3.05) is 84.9 Å². The Morgan fingerprint density at radius 2 is 1.53 bits per heavy atom. The van der Waals surface area contributed by atoms with Crippen molar-refractivity contribution >= 4 is 46.1 Å². The van der Waals surface area contributed by atoms with Crippen LogP contribution in [0.4, 0.5) is 10.1 Å². The number of H-pyrrole nitrogens is 1. The Balaban J connectivity index is 0.714. The summed E-state index contributed by atoms with van der Waals surface area (Å²) in [5.74, 6) is -2.87. The molecule has 1 aromatic heterocycles. The fraction of sp³-hybridized carbons (Fsp3) is 0.405. The predicted octanol–water partition coefficient (Wildman–Crippen LogP) is 3.27. The van der Waals surface area contributed by atoms with Crippen LogP contribution in [0.5, 0.6) is 0 Å². The molecule has 16 heteroatoms. The molecule has 58 heavy (non-hydrogen) atoms. The summed E-state index contributed by atoms with van der Waals surface area (Å²) in [4.78, 5) is 69.1. The molecule has 15 nitrogen and oxygen atoms in total. The lowest BCUT2D eigenvalue weighted by Gasteiger charge is -2.27. The first-order valence-electron chi connectivity index (χ1n) is 19.5. The van der Waals surface area contributed by atoms with Crippen molar-refractivity contribution in [1.82, 2.24) is 25.4 Å². The zero-order valence-electron chi connectivity index (χ0n) is 32.3. The minimum absolute atomic E-state index is 0.0616. The summed E-state index contributed by atoms with van der Waals surface area (Å²) in [5, 5.41) is 8.99. The molecule has 0 aliphatic carbocycles. The second kappa shape index (κ2) is 18.8. The predicted molar refractivity (Wildman–Crippen MR) is 211 cm³/mol. The minimum Gasteiger partial charge on any atom is -0.382 e. The summed E-state index contributed by atoms with van der Waals surface area (Å²) < 4.78 is 36.8. The largest absolute Gasteiger partial charge is 0.382 e. The van der Waals surface area contributed by atoms with Gasteiger partial charge in [-0.25, -0.2) is 4.39 Å². The molecule has 4 heterocycles. The molecule has 4 N–H and O–H groups in total. The molecular weight excluding hydrogens is 751 g/mol. The van der Waals surface area contributed by atoms with E-state index in [-0.39, 0.29) is 29.9 Å². The number of imide groups is 2. The van der Waals surface area contributed by atoms with Crippen LogP contribution in [0.3, 0.4) is 0 Å². The molecule has 1 fully saturated rings. The number of carbonyl (C=O) groups is 5. The van der Waals surface area contributed by atoms with Gasteiger partial charge < -0.3 is 34.6 Å². The topological polar surface area (TPSA) is 181 Å². The number of nitrogens with one attached hydrogen (secondary N) is 4. The fourth-order valence-corrected chi connectivity index (χ4v) is 7.51. The van der Waals surface area contributed by atoms with Crippen LogP contribution >= 0.6 is 0 Å². The van der Waals surface area contributed by atoms with Crippen molar-refractivity contribution < 1.29 is 47.3 Å². The van der Waals surface area contributed by atoms with E-state index in [4.69, 9.17) is 18.9 Å². The first-order valence-corrected chi connectivity index (χ1v) is 19.5. The number of hydrogen-bond acceptors (Lipinski definition) is 11. The molecule has 1 unspecified atom stereocenters. The van der Waals surface area contributed by atoms with Gasteiger partial charge in [0.1, 0.15) is 11.9 Å². The number of benzene rings is 3. The number of amides is 5. The van der Waals surface area contributed by atoms with E-state index in [0.29, 0.717) is 89.1 Å². The number of aromatic nitrogens is 1. The van der Waals surface area contributed by atoms with Gasteiger partial charge in [0.15, 0.2) is 0 Å². The third-order valence-electron chi connectivity index (χ3n) is 10.3. The zero-order chi connectivity index (χ0) is 40.6. The van der Waals surface area contributed by atoms with Crippen LogP contribution < -0.4 is 16.0 Å². The third kappa shape index (κ3) is 9.27. The normalized spacial score (nSPS) is 16.6. The van der Waals surface area contributed by atoms with Gasteiger partial charge in [0.05, 0.1) is 69.5 Å². The summed E-state index contributed by atoms with van der Waals surface area (Å²) in [6, 6.07) is 14.9. The summed E-state index contributed by atoms with van der Waals surface area (Å²) in [5.41, 5.74) is 5.96. The van der Waals surface area contributed by atoms with Gasteiger partial charge in [-0.05, 0) is 60.8 Å². The monoisotopic (exact) mass is 798 g/mol. The maximum Gasteiger partial charge on any atom is 0.264 e. The number of fused-ring (bicyclic) bond motifs is 1. The van der Waals surface area contributed by atoms with Crippen LogP contribution in [0.25, 0.3) is 22.2 Å². The molecule has 4 aromatic rings. The second-order valence-corrected chi connectivity index (χ2v) is 14.3. The van der Waals surface area contributed by atoms with Crippen LogP contribution in [0.2, 0.25) is 0 Å². The molecule has 1 atom stereocenters. The van der Waals surface area contributed by atoms with E-state index in [2.05, 4.69) is 50.1 Å². The van der Waals surface area contributed by atoms with Crippen molar-refractivity contribution in [3.63, 3.8) is 0 Å². The maximum absolute atomic E-state index is 14.3. The standard InChI is InChI=1S/C42H47FN6O9/c1-48(25-26-5-7-27(8-6-26)38-29-11-12-45-39(51)31-23-28(43)24-33(46-38)36(29)31)14-16-56-18-20-58-22-21-57-19-17-55-15-13-44-32-4-2-3-30-37(32)42(54)49(41(30)53)34-9-10-35(50)47-40(34)52/h2-8,23-24,34,44,46H,9-22,25H2,1H3,(H,45,51)(H,47,50,52). The van der Waals surface area contributed by atoms with Gasteiger partial charge in [0, 0.05) is 54.9 Å². The Kier molecular flexibility index (Phi) is 13.2. The Labute approximate surface area is 334 Å². The molecule has 0 spiro atoms. The second-order valence-electron chi connectivity index (χ2n) is 14.3. The lowest BCUT2D eigenvalue weighted by molar-refractivity contribution is -0.136. The molecule has 5 amide bonds. The summed E-state index contributed by atoms with van der Waals surface area (Å²) in [6.45, 7) is 5.78. The molecule has 7 rings (SSSR count). The average molecular weight is 799 g/mol. The number of anilines is 1. The van der Waals surface area contributed by atoms with Crippen molar-refractivity contribution in [2.45, 2.75) is 31.8 Å². The minimum atomic E-state index is -1.02. The first-order chi connectivity index (χ1) is 28.2. The van der Waals surface area contributed by atoms with Gasteiger partial charge in [0.25, 0.3) is 17.7 Å². The van der Waals surface area contributed by atoms with Crippen LogP contribution in [0, 0.1) is 5.82 Å². The number of halogens is 1. The van der Waals surface area contributed by atoms with E-state index in [9.17, 15) is 28.4 Å². The molecule has 3 aliphatic rings.